The fraction of sp³-hybridized carbons (Fsp3) is 0.176. The van der Waals surface area contributed by atoms with Gasteiger partial charge in [-0.05, 0) is 36.8 Å². The van der Waals surface area contributed by atoms with Crippen LogP contribution in [0, 0.1) is 17.0 Å². The third kappa shape index (κ3) is 6.58. The number of anilines is 1. The van der Waals surface area contributed by atoms with Crippen molar-refractivity contribution in [3.8, 4) is 0 Å². The van der Waals surface area contributed by atoms with Crippen LogP contribution in [0.25, 0.3) is 0 Å². The van der Waals surface area contributed by atoms with Crippen molar-refractivity contribution in [2.45, 2.75) is 16.9 Å². The lowest BCUT2D eigenvalue weighted by Crippen LogP contribution is -2.56. The minimum Gasteiger partial charge on any atom is -0.339 e. The highest BCUT2D eigenvalue weighted by Gasteiger charge is 2.35. The van der Waals surface area contributed by atoms with Gasteiger partial charge in [0.25, 0.3) is 11.6 Å². The lowest BCUT2D eigenvalue weighted by molar-refractivity contribution is -0.384. The number of aryl methyl sites for hydroxylation is 1. The largest absolute Gasteiger partial charge is 0.339 e. The minimum absolute atomic E-state index is 0.0258. The quantitative estimate of drug-likeness (QED) is 0.178. The predicted octanol–water partition coefficient (Wildman–Crippen LogP) is 4.97. The van der Waals surface area contributed by atoms with Crippen molar-refractivity contribution >= 4 is 81.0 Å². The van der Waals surface area contributed by atoms with Gasteiger partial charge in [0.2, 0.25) is 3.79 Å². The van der Waals surface area contributed by atoms with E-state index in [0.717, 1.165) is 5.56 Å². The van der Waals surface area contributed by atoms with Crippen molar-refractivity contribution < 1.29 is 9.72 Å². The second kappa shape index (κ2) is 9.77. The Bertz CT molecular complexity index is 953. The van der Waals surface area contributed by atoms with Crippen LogP contribution in [0.5, 0.6) is 0 Å². The molecule has 0 fully saturated rings. The Morgan fingerprint density at radius 2 is 1.83 bits per heavy atom. The number of nitro benzene ring substituents is 1. The molecule has 0 saturated heterocycles. The first-order chi connectivity index (χ1) is 13.5. The molecule has 0 heterocycles. The van der Waals surface area contributed by atoms with Gasteiger partial charge in [-0.3, -0.25) is 14.9 Å². The Kier molecular flexibility index (Phi) is 7.90. The molecule has 3 N–H and O–H groups in total. The van der Waals surface area contributed by atoms with Crippen molar-refractivity contribution in [2.75, 3.05) is 5.32 Å². The summed E-state index contributed by atoms with van der Waals surface area (Å²) in [5, 5.41) is 18.8. The first-order valence-corrected chi connectivity index (χ1v) is 9.85. The van der Waals surface area contributed by atoms with Gasteiger partial charge < -0.3 is 16.0 Å². The third-order valence-electron chi connectivity index (χ3n) is 3.68. The Morgan fingerprint density at radius 3 is 2.38 bits per heavy atom. The molecule has 0 aliphatic heterocycles. The number of carbonyl (C=O) groups excluding carboxylic acids is 1. The second-order valence-corrected chi connectivity index (χ2v) is 8.97. The van der Waals surface area contributed by atoms with Gasteiger partial charge in [-0.25, -0.2) is 0 Å². The van der Waals surface area contributed by atoms with E-state index in [9.17, 15) is 14.9 Å². The lowest BCUT2D eigenvalue weighted by Gasteiger charge is -2.28. The SMILES string of the molecule is Cc1ccccc1C(=O)N[C@H](NC(=S)Nc1ccc([N+](=O)[O-])cc1Cl)C(Cl)(Cl)Cl. The average Bonchev–Trinajstić information content (AvgIpc) is 2.62. The molecule has 2 rings (SSSR count). The molecule has 29 heavy (non-hydrogen) atoms. The standard InChI is InChI=1S/C17H14Cl4N4O3S/c1-9-4-2-3-5-11(9)14(26)23-15(17(19,20)21)24-16(29)22-13-7-6-10(25(27)28)8-12(13)18/h2-8,15H,1H3,(H,23,26)(H2,22,24,29)/t15-/m1/s1. The summed E-state index contributed by atoms with van der Waals surface area (Å²) in [5.41, 5.74) is 1.27. The van der Waals surface area contributed by atoms with Crippen LogP contribution >= 0.6 is 58.6 Å². The molecule has 0 unspecified atom stereocenters. The zero-order valence-corrected chi connectivity index (χ0v) is 18.6. The van der Waals surface area contributed by atoms with Gasteiger partial charge in [0, 0.05) is 17.7 Å². The van der Waals surface area contributed by atoms with Crippen LogP contribution in [0.4, 0.5) is 11.4 Å². The van der Waals surface area contributed by atoms with E-state index in [1.165, 1.54) is 18.2 Å². The molecule has 1 atom stereocenters. The molecule has 2 aromatic rings. The molecule has 0 radical (unpaired) electrons. The number of halogens is 4. The maximum atomic E-state index is 12.5. The highest BCUT2D eigenvalue weighted by atomic mass is 35.6. The summed E-state index contributed by atoms with van der Waals surface area (Å²) >= 11 is 29.1. The molecule has 0 spiro atoms. The maximum Gasteiger partial charge on any atom is 0.271 e. The van der Waals surface area contributed by atoms with E-state index in [1.807, 2.05) is 0 Å². The van der Waals surface area contributed by atoms with Crippen LogP contribution in [-0.4, -0.2) is 25.9 Å². The summed E-state index contributed by atoms with van der Waals surface area (Å²) in [6.45, 7) is 1.77. The molecule has 0 aliphatic carbocycles. The molecule has 0 aliphatic rings. The van der Waals surface area contributed by atoms with Gasteiger partial charge in [-0.1, -0.05) is 64.6 Å². The lowest BCUT2D eigenvalue weighted by atomic mass is 10.1. The number of hydrogen-bond donors (Lipinski definition) is 3. The van der Waals surface area contributed by atoms with Crippen molar-refractivity contribution in [3.05, 3.63) is 68.7 Å². The normalized spacial score (nSPS) is 12.0. The average molecular weight is 496 g/mol. The molecule has 0 saturated carbocycles. The van der Waals surface area contributed by atoms with Crippen LogP contribution in [0.3, 0.4) is 0 Å². The zero-order chi connectivity index (χ0) is 21.8. The van der Waals surface area contributed by atoms with Gasteiger partial charge in [0.05, 0.1) is 15.6 Å². The number of carbonyl (C=O) groups is 1. The fourth-order valence-corrected chi connectivity index (χ4v) is 3.02. The van der Waals surface area contributed by atoms with Crippen LogP contribution < -0.4 is 16.0 Å². The van der Waals surface area contributed by atoms with Crippen LogP contribution in [0.15, 0.2) is 42.5 Å². The number of nitrogens with one attached hydrogen (secondary N) is 3. The smallest absolute Gasteiger partial charge is 0.271 e. The molecular formula is C17H14Cl4N4O3S. The minimum atomic E-state index is -1.94. The molecule has 2 aromatic carbocycles. The van der Waals surface area contributed by atoms with Crippen LogP contribution in [0.2, 0.25) is 5.02 Å². The summed E-state index contributed by atoms with van der Waals surface area (Å²) in [4.78, 5) is 22.8. The predicted molar refractivity (Wildman–Crippen MR) is 120 cm³/mol. The van der Waals surface area contributed by atoms with Gasteiger partial charge in [0.15, 0.2) is 5.11 Å². The summed E-state index contributed by atoms with van der Waals surface area (Å²) in [6, 6.07) is 10.7. The molecule has 0 bridgehead atoms. The Labute approximate surface area is 191 Å². The van der Waals surface area contributed by atoms with E-state index < -0.39 is 20.8 Å². The number of non-ortho nitro benzene ring substituents is 1. The number of nitrogens with zero attached hydrogens (tertiary/aromatic N) is 1. The summed E-state index contributed by atoms with van der Waals surface area (Å²) in [5.74, 6) is -0.469. The Morgan fingerprint density at radius 1 is 1.17 bits per heavy atom. The number of hydrogen-bond acceptors (Lipinski definition) is 4. The third-order valence-corrected chi connectivity index (χ3v) is 4.87. The molecule has 154 valence electrons. The number of amides is 1. The van der Waals surface area contributed by atoms with Crippen molar-refractivity contribution in [2.24, 2.45) is 0 Å². The van der Waals surface area contributed by atoms with Crippen LogP contribution in [-0.2, 0) is 0 Å². The topological polar surface area (TPSA) is 96.3 Å². The van der Waals surface area contributed by atoms with Crippen molar-refractivity contribution in [3.63, 3.8) is 0 Å². The zero-order valence-electron chi connectivity index (χ0n) is 14.7. The van der Waals surface area contributed by atoms with E-state index in [4.69, 9.17) is 58.6 Å². The molecule has 12 heteroatoms. The number of alkyl halides is 3. The van der Waals surface area contributed by atoms with E-state index in [0.29, 0.717) is 11.3 Å². The Hall–Kier alpha value is -1.84. The van der Waals surface area contributed by atoms with Crippen molar-refractivity contribution in [1.29, 1.82) is 0 Å². The van der Waals surface area contributed by atoms with E-state index >= 15 is 0 Å². The monoisotopic (exact) mass is 494 g/mol. The van der Waals surface area contributed by atoms with E-state index in [-0.39, 0.29) is 15.8 Å². The molecule has 7 nitrogen and oxygen atoms in total. The number of nitro groups is 1. The summed E-state index contributed by atoms with van der Waals surface area (Å²) in [7, 11) is 0. The van der Waals surface area contributed by atoms with Crippen molar-refractivity contribution in [1.82, 2.24) is 10.6 Å². The molecule has 0 aromatic heterocycles. The van der Waals surface area contributed by atoms with Gasteiger partial charge in [-0.15, -0.1) is 0 Å². The summed E-state index contributed by atoms with van der Waals surface area (Å²) < 4.78 is -1.94. The van der Waals surface area contributed by atoms with Gasteiger partial charge in [0.1, 0.15) is 6.17 Å². The van der Waals surface area contributed by atoms with E-state index in [2.05, 4.69) is 16.0 Å². The maximum absolute atomic E-state index is 12.5. The Balaban J connectivity index is 2.12. The first-order valence-electron chi connectivity index (χ1n) is 7.93. The van der Waals surface area contributed by atoms with E-state index in [1.54, 1.807) is 31.2 Å². The van der Waals surface area contributed by atoms with Gasteiger partial charge in [-0.2, -0.15) is 0 Å². The second-order valence-electron chi connectivity index (χ2n) is 5.78. The number of rotatable bonds is 5. The fourth-order valence-electron chi connectivity index (χ4n) is 2.24. The number of benzene rings is 2. The molecule has 1 amide bonds. The van der Waals surface area contributed by atoms with Gasteiger partial charge >= 0.3 is 0 Å². The summed E-state index contributed by atoms with van der Waals surface area (Å²) in [6.07, 6.45) is -1.18. The number of thiocarbonyl (C=S) groups is 1. The van der Waals surface area contributed by atoms with Crippen LogP contribution in [0.1, 0.15) is 15.9 Å². The first kappa shape index (κ1) is 23.4. The molecular weight excluding hydrogens is 482 g/mol. The highest BCUT2D eigenvalue weighted by molar-refractivity contribution is 7.80. The highest BCUT2D eigenvalue weighted by Crippen LogP contribution is 2.30.